The number of hydrogen-bond donors (Lipinski definition) is 2. The molecule has 3 N–H and O–H groups in total. The number of para-hydroxylation sites is 1. The summed E-state index contributed by atoms with van der Waals surface area (Å²) in [5, 5.41) is 14.3. The fraction of sp³-hybridized carbons (Fsp3) is 0.250. The van der Waals surface area contributed by atoms with Crippen LogP contribution in [0.15, 0.2) is 42.7 Å². The van der Waals surface area contributed by atoms with Crippen molar-refractivity contribution >= 4 is 29.7 Å². The van der Waals surface area contributed by atoms with Crippen molar-refractivity contribution in [2.45, 2.75) is 6.04 Å². The lowest BCUT2D eigenvalue weighted by molar-refractivity contribution is -0.383. The van der Waals surface area contributed by atoms with Gasteiger partial charge >= 0.3 is 0 Å². The Kier molecular flexibility index (Phi) is 5.89. The molecule has 1 aromatic carbocycles. The molecule has 25 heavy (non-hydrogen) atoms. The van der Waals surface area contributed by atoms with Crippen molar-refractivity contribution < 1.29 is 9.72 Å². The number of nitrogens with one attached hydrogen (secondary N) is 1. The predicted molar refractivity (Wildman–Crippen MR) is 95.6 cm³/mol. The molecule has 2 aromatic rings. The molecule has 1 aromatic heterocycles. The van der Waals surface area contributed by atoms with E-state index in [2.05, 4.69) is 10.3 Å². The number of piperazine rings is 1. The molecule has 1 aliphatic heterocycles. The highest BCUT2D eigenvalue weighted by atomic mass is 35.5. The van der Waals surface area contributed by atoms with E-state index in [4.69, 9.17) is 5.73 Å². The number of carbonyl (C=O) groups is 1. The Labute approximate surface area is 150 Å². The number of nitrogens with zero attached hydrogens (tertiary/aromatic N) is 3. The van der Waals surface area contributed by atoms with Crippen molar-refractivity contribution in [1.29, 1.82) is 0 Å². The smallest absolute Gasteiger partial charge is 0.292 e. The third kappa shape index (κ3) is 3.70. The van der Waals surface area contributed by atoms with Crippen molar-refractivity contribution in [3.05, 3.63) is 64.0 Å². The zero-order valence-corrected chi connectivity index (χ0v) is 14.1. The van der Waals surface area contributed by atoms with Gasteiger partial charge in [0.15, 0.2) is 0 Å². The number of anilines is 1. The molecule has 0 bridgehead atoms. The molecule has 9 heteroatoms. The Balaban J connectivity index is 0.00000225. The van der Waals surface area contributed by atoms with E-state index >= 15 is 0 Å². The Hall–Kier alpha value is -2.71. The maximum Gasteiger partial charge on any atom is 0.292 e. The highest BCUT2D eigenvalue weighted by molar-refractivity contribution is 6.01. The lowest BCUT2D eigenvalue weighted by Crippen LogP contribution is -2.48. The summed E-state index contributed by atoms with van der Waals surface area (Å²) in [5.41, 5.74) is 6.56. The van der Waals surface area contributed by atoms with Crippen LogP contribution < -0.4 is 11.1 Å². The number of amides is 1. The molecule has 8 nitrogen and oxygen atoms in total. The third-order valence-corrected chi connectivity index (χ3v) is 4.08. The standard InChI is InChI=1S/C16H17N5O3.ClH/c17-15-12(4-1-5-13(15)21(23)24)16(22)20-8-7-19-10-14(20)11-3-2-6-18-9-11;/h1-6,9,14,19H,7-8,10,17H2;1H. The maximum atomic E-state index is 13.0. The quantitative estimate of drug-likeness (QED) is 0.488. The van der Waals surface area contributed by atoms with Crippen LogP contribution in [-0.4, -0.2) is 40.3 Å². The van der Waals surface area contributed by atoms with Crippen LogP contribution in [0.1, 0.15) is 22.0 Å². The first-order valence-electron chi connectivity index (χ1n) is 7.54. The van der Waals surface area contributed by atoms with Gasteiger partial charge in [0.25, 0.3) is 11.6 Å². The van der Waals surface area contributed by atoms with Crippen LogP contribution in [-0.2, 0) is 0 Å². The number of nitro groups is 1. The second-order valence-corrected chi connectivity index (χ2v) is 5.50. The summed E-state index contributed by atoms with van der Waals surface area (Å²) in [7, 11) is 0. The summed E-state index contributed by atoms with van der Waals surface area (Å²) in [4.78, 5) is 29.2. The predicted octanol–water partition coefficient (Wildman–Crippen LogP) is 1.78. The molecular formula is C16H18ClN5O3. The molecule has 132 valence electrons. The summed E-state index contributed by atoms with van der Waals surface area (Å²) in [6.45, 7) is 1.73. The first kappa shape index (κ1) is 18.6. The minimum atomic E-state index is -0.581. The van der Waals surface area contributed by atoms with Crippen molar-refractivity contribution in [3.8, 4) is 0 Å². The van der Waals surface area contributed by atoms with Gasteiger partial charge in [-0.3, -0.25) is 19.9 Å². The molecular weight excluding hydrogens is 346 g/mol. The number of carbonyl (C=O) groups excluding carboxylic acids is 1. The van der Waals surface area contributed by atoms with E-state index < -0.39 is 4.92 Å². The Morgan fingerprint density at radius 3 is 2.84 bits per heavy atom. The van der Waals surface area contributed by atoms with E-state index in [1.54, 1.807) is 17.3 Å². The normalized spacial score (nSPS) is 16.8. The zero-order valence-electron chi connectivity index (χ0n) is 13.3. The number of pyridine rings is 1. The van der Waals surface area contributed by atoms with Gasteiger partial charge in [-0.2, -0.15) is 0 Å². The molecule has 0 radical (unpaired) electrons. The van der Waals surface area contributed by atoms with Gasteiger partial charge in [0.05, 0.1) is 16.5 Å². The zero-order chi connectivity index (χ0) is 17.1. The molecule has 1 aliphatic rings. The van der Waals surface area contributed by atoms with Gasteiger partial charge in [0.2, 0.25) is 0 Å². The van der Waals surface area contributed by atoms with Gasteiger partial charge in [-0.15, -0.1) is 12.4 Å². The summed E-state index contributed by atoms with van der Waals surface area (Å²) < 4.78 is 0. The average Bonchev–Trinajstić information content (AvgIpc) is 2.62. The van der Waals surface area contributed by atoms with E-state index in [1.807, 2.05) is 12.1 Å². The van der Waals surface area contributed by atoms with Crippen LogP contribution in [0.3, 0.4) is 0 Å². The molecule has 0 saturated carbocycles. The number of halogens is 1. The molecule has 1 saturated heterocycles. The van der Waals surface area contributed by atoms with Crippen LogP contribution in [0.2, 0.25) is 0 Å². The first-order valence-corrected chi connectivity index (χ1v) is 7.54. The lowest BCUT2D eigenvalue weighted by atomic mass is 10.0. The van der Waals surface area contributed by atoms with Gasteiger partial charge in [-0.05, 0) is 17.7 Å². The summed E-state index contributed by atoms with van der Waals surface area (Å²) in [6.07, 6.45) is 3.39. The van der Waals surface area contributed by atoms with Gasteiger partial charge in [0.1, 0.15) is 5.69 Å². The number of hydrogen-bond acceptors (Lipinski definition) is 6. The van der Waals surface area contributed by atoms with Gasteiger partial charge in [0, 0.05) is 38.1 Å². The van der Waals surface area contributed by atoms with E-state index in [9.17, 15) is 14.9 Å². The van der Waals surface area contributed by atoms with Crippen LogP contribution in [0.25, 0.3) is 0 Å². The first-order chi connectivity index (χ1) is 11.6. The molecule has 1 unspecified atom stereocenters. The number of benzene rings is 1. The van der Waals surface area contributed by atoms with Crippen molar-refractivity contribution in [2.24, 2.45) is 0 Å². The topological polar surface area (TPSA) is 114 Å². The fourth-order valence-electron chi connectivity index (χ4n) is 2.87. The van der Waals surface area contributed by atoms with Gasteiger partial charge in [-0.25, -0.2) is 0 Å². The Morgan fingerprint density at radius 1 is 1.36 bits per heavy atom. The minimum Gasteiger partial charge on any atom is -0.393 e. The minimum absolute atomic E-state index is 0. The lowest BCUT2D eigenvalue weighted by Gasteiger charge is -2.36. The SMILES string of the molecule is Cl.Nc1c(C(=O)N2CCNCC2c2cccnc2)cccc1[N+](=O)[O-]. The Morgan fingerprint density at radius 2 is 2.16 bits per heavy atom. The molecule has 2 heterocycles. The van der Waals surface area contributed by atoms with Crippen LogP contribution in [0.4, 0.5) is 11.4 Å². The fourth-order valence-corrected chi connectivity index (χ4v) is 2.87. The highest BCUT2D eigenvalue weighted by Crippen LogP contribution is 2.29. The number of aromatic nitrogens is 1. The summed E-state index contributed by atoms with van der Waals surface area (Å²) in [6, 6.07) is 7.81. The average molecular weight is 364 g/mol. The number of nitrogen functional groups attached to an aromatic ring is 1. The molecule has 1 amide bonds. The van der Waals surface area contributed by atoms with Gasteiger partial charge < -0.3 is 16.0 Å². The summed E-state index contributed by atoms with van der Waals surface area (Å²) >= 11 is 0. The van der Waals surface area contributed by atoms with Crippen LogP contribution >= 0.6 is 12.4 Å². The number of nitro benzene ring substituents is 1. The highest BCUT2D eigenvalue weighted by Gasteiger charge is 2.31. The van der Waals surface area contributed by atoms with Crippen LogP contribution in [0.5, 0.6) is 0 Å². The molecule has 1 atom stereocenters. The van der Waals surface area contributed by atoms with E-state index in [0.29, 0.717) is 19.6 Å². The molecule has 0 aliphatic carbocycles. The second-order valence-electron chi connectivity index (χ2n) is 5.50. The van der Waals surface area contributed by atoms with Crippen molar-refractivity contribution in [1.82, 2.24) is 15.2 Å². The second kappa shape index (κ2) is 7.91. The molecule has 3 rings (SSSR count). The van der Waals surface area contributed by atoms with Gasteiger partial charge in [-0.1, -0.05) is 12.1 Å². The molecule has 0 spiro atoms. The molecule has 1 fully saturated rings. The van der Waals surface area contributed by atoms with E-state index in [-0.39, 0.29) is 41.3 Å². The number of nitrogens with two attached hydrogens (primary N) is 1. The van der Waals surface area contributed by atoms with Crippen LogP contribution in [0, 0.1) is 10.1 Å². The van der Waals surface area contributed by atoms with E-state index in [1.165, 1.54) is 18.2 Å². The maximum absolute atomic E-state index is 13.0. The monoisotopic (exact) mass is 363 g/mol. The third-order valence-electron chi connectivity index (χ3n) is 4.08. The summed E-state index contributed by atoms with van der Waals surface area (Å²) in [5.74, 6) is -0.313. The van der Waals surface area contributed by atoms with Crippen molar-refractivity contribution in [3.63, 3.8) is 0 Å². The largest absolute Gasteiger partial charge is 0.393 e. The Bertz CT molecular complexity index is 772. The number of rotatable bonds is 3. The van der Waals surface area contributed by atoms with Crippen molar-refractivity contribution in [2.75, 3.05) is 25.4 Å². The van der Waals surface area contributed by atoms with E-state index in [0.717, 1.165) is 5.56 Å².